The van der Waals surface area contributed by atoms with E-state index in [-0.39, 0.29) is 28.6 Å². The summed E-state index contributed by atoms with van der Waals surface area (Å²) < 4.78 is 12.5. The maximum atomic E-state index is 12.1. The summed E-state index contributed by atoms with van der Waals surface area (Å²) in [5, 5.41) is 10.6. The molecular weight excluding hydrogens is 330 g/mol. The Hall–Kier alpha value is -1.85. The Morgan fingerprint density at radius 1 is 1.38 bits per heavy atom. The van der Waals surface area contributed by atoms with E-state index in [1.165, 1.54) is 11.1 Å². The van der Waals surface area contributed by atoms with Crippen molar-refractivity contribution in [2.24, 2.45) is 11.3 Å². The molecule has 0 radical (unpaired) electrons. The predicted octanol–water partition coefficient (Wildman–Crippen LogP) is 1.81. The van der Waals surface area contributed by atoms with Gasteiger partial charge in [-0.3, -0.25) is 0 Å². The molecule has 2 heterocycles. The maximum Gasteiger partial charge on any atom is 0.165 e. The molecule has 2 spiro atoms. The average Bonchev–Trinajstić information content (AvgIpc) is 3.03. The second kappa shape index (κ2) is 4.34. The van der Waals surface area contributed by atoms with Crippen LogP contribution in [0.1, 0.15) is 24.0 Å². The van der Waals surface area contributed by atoms with Crippen LogP contribution in [0.4, 0.5) is 0 Å². The first-order chi connectivity index (χ1) is 12.5. The van der Waals surface area contributed by atoms with Crippen LogP contribution in [0.5, 0.6) is 11.5 Å². The fraction of sp³-hybridized carbons (Fsp3) is 0.571. The highest BCUT2D eigenvalue weighted by atomic mass is 16.6. The van der Waals surface area contributed by atoms with Gasteiger partial charge in [0.2, 0.25) is 0 Å². The summed E-state index contributed by atoms with van der Waals surface area (Å²) in [4.78, 5) is 14.5. The molecule has 5 heteroatoms. The molecule has 1 saturated heterocycles. The van der Waals surface area contributed by atoms with Crippen LogP contribution in [0.25, 0.3) is 0 Å². The zero-order valence-corrected chi connectivity index (χ0v) is 15.1. The van der Waals surface area contributed by atoms with Gasteiger partial charge in [-0.25, -0.2) is 0 Å². The Balaban J connectivity index is 1.74. The fourth-order valence-corrected chi connectivity index (χ4v) is 7.26. The SMILES string of the molecule is COC12C=CC3(CC1C=O)C1Cc4ccc(O)c5c4C3(CCN1C)C2O5. The lowest BCUT2D eigenvalue weighted by Gasteiger charge is -2.70. The Labute approximate surface area is 152 Å². The van der Waals surface area contributed by atoms with Gasteiger partial charge in [-0.1, -0.05) is 18.2 Å². The van der Waals surface area contributed by atoms with Crippen LogP contribution in [0.3, 0.4) is 0 Å². The highest BCUT2D eigenvalue weighted by Crippen LogP contribution is 2.74. The number of methoxy groups -OCH3 is 1. The zero-order chi connectivity index (χ0) is 17.9. The van der Waals surface area contributed by atoms with Crippen molar-refractivity contribution < 1.29 is 19.4 Å². The lowest BCUT2D eigenvalue weighted by atomic mass is 9.37. The Morgan fingerprint density at radius 2 is 2.23 bits per heavy atom. The number of aromatic hydroxyl groups is 1. The summed E-state index contributed by atoms with van der Waals surface area (Å²) in [7, 11) is 3.87. The van der Waals surface area contributed by atoms with E-state index in [0.717, 1.165) is 32.1 Å². The molecule has 0 amide bonds. The number of carbonyl (C=O) groups is 1. The van der Waals surface area contributed by atoms with E-state index in [2.05, 4.69) is 30.2 Å². The second-order valence-electron chi connectivity index (χ2n) is 8.75. The van der Waals surface area contributed by atoms with Crippen molar-refractivity contribution in [2.45, 2.75) is 42.4 Å². The molecule has 1 aromatic carbocycles. The maximum absolute atomic E-state index is 12.1. The molecule has 4 bridgehead atoms. The van der Waals surface area contributed by atoms with Crippen molar-refractivity contribution in [1.82, 2.24) is 4.90 Å². The molecule has 2 fully saturated rings. The van der Waals surface area contributed by atoms with E-state index in [1.54, 1.807) is 13.2 Å². The number of benzene rings is 1. The first kappa shape index (κ1) is 15.2. The van der Waals surface area contributed by atoms with Gasteiger partial charge in [0.1, 0.15) is 18.0 Å². The highest BCUT2D eigenvalue weighted by molar-refractivity contribution is 5.69. The summed E-state index contributed by atoms with van der Waals surface area (Å²) in [5.41, 5.74) is 1.32. The van der Waals surface area contributed by atoms with E-state index in [0.29, 0.717) is 11.8 Å². The number of phenolic OH excluding ortho intramolecular Hbond substituents is 1. The molecule has 6 unspecified atom stereocenters. The zero-order valence-electron chi connectivity index (χ0n) is 15.1. The van der Waals surface area contributed by atoms with Crippen molar-refractivity contribution in [2.75, 3.05) is 20.7 Å². The molecule has 1 aromatic rings. The Morgan fingerprint density at radius 3 is 3.00 bits per heavy atom. The minimum Gasteiger partial charge on any atom is -0.504 e. The van der Waals surface area contributed by atoms with Crippen LogP contribution in [0.15, 0.2) is 24.3 Å². The van der Waals surface area contributed by atoms with Crippen molar-refractivity contribution in [3.63, 3.8) is 0 Å². The van der Waals surface area contributed by atoms with Gasteiger partial charge in [-0.05, 0) is 44.5 Å². The highest BCUT2D eigenvalue weighted by Gasteiger charge is 2.79. The third-order valence-corrected chi connectivity index (χ3v) is 8.29. The second-order valence-corrected chi connectivity index (χ2v) is 8.75. The summed E-state index contributed by atoms with van der Waals surface area (Å²) in [6, 6.07) is 4.14. The summed E-state index contributed by atoms with van der Waals surface area (Å²) in [6.45, 7) is 0.986. The third-order valence-electron chi connectivity index (χ3n) is 8.29. The fourth-order valence-electron chi connectivity index (χ4n) is 7.26. The van der Waals surface area contributed by atoms with Gasteiger partial charge in [0, 0.05) is 24.1 Å². The number of nitrogens with zero attached hydrogens (tertiary/aromatic N) is 1. The molecule has 5 nitrogen and oxygen atoms in total. The molecule has 6 atom stereocenters. The number of carbonyl (C=O) groups excluding carboxylic acids is 1. The van der Waals surface area contributed by atoms with Gasteiger partial charge in [-0.15, -0.1) is 0 Å². The predicted molar refractivity (Wildman–Crippen MR) is 94.4 cm³/mol. The summed E-state index contributed by atoms with van der Waals surface area (Å²) in [5.74, 6) is 0.590. The minimum atomic E-state index is -0.760. The summed E-state index contributed by atoms with van der Waals surface area (Å²) >= 11 is 0. The molecule has 1 N–H and O–H groups in total. The van der Waals surface area contributed by atoms with Crippen LogP contribution in [0, 0.1) is 11.3 Å². The average molecular weight is 353 g/mol. The number of likely N-dealkylation sites (tertiary alicyclic amines) is 1. The van der Waals surface area contributed by atoms with Gasteiger partial charge in [-0.2, -0.15) is 0 Å². The Bertz CT molecular complexity index is 881. The minimum absolute atomic E-state index is 0.150. The van der Waals surface area contributed by atoms with Crippen molar-refractivity contribution >= 4 is 6.29 Å². The van der Waals surface area contributed by atoms with Crippen LogP contribution in [-0.2, 0) is 21.4 Å². The van der Waals surface area contributed by atoms with Crippen LogP contribution < -0.4 is 4.74 Å². The third kappa shape index (κ3) is 1.25. The smallest absolute Gasteiger partial charge is 0.165 e. The number of ether oxygens (including phenoxy) is 2. The largest absolute Gasteiger partial charge is 0.504 e. The first-order valence-electron chi connectivity index (χ1n) is 9.47. The monoisotopic (exact) mass is 353 g/mol. The molecule has 7 rings (SSSR count). The quantitative estimate of drug-likeness (QED) is 0.649. The molecular formula is C21H23NO4. The molecule has 2 aliphatic heterocycles. The van der Waals surface area contributed by atoms with E-state index in [4.69, 9.17) is 9.47 Å². The number of phenols is 1. The van der Waals surface area contributed by atoms with Gasteiger partial charge in [0.25, 0.3) is 0 Å². The van der Waals surface area contributed by atoms with Crippen LogP contribution >= 0.6 is 0 Å². The van der Waals surface area contributed by atoms with Crippen molar-refractivity contribution in [3.05, 3.63) is 35.4 Å². The molecule has 4 aliphatic carbocycles. The molecule has 26 heavy (non-hydrogen) atoms. The number of hydrogen-bond donors (Lipinski definition) is 1. The van der Waals surface area contributed by atoms with Gasteiger partial charge in [0.05, 0.1) is 11.3 Å². The standard InChI is InChI=1S/C21H23NO4/c1-22-8-7-20-16-12-3-4-14(24)17(16)26-18(20)21(25-2)6-5-19(20,15(22)9-12)10-13(21)11-23/h3-6,11,13,15,18,24H,7-10H2,1-2H3. The number of likely N-dealkylation sites (N-methyl/N-ethyl adjacent to an activating group) is 1. The molecule has 1 saturated carbocycles. The first-order valence-corrected chi connectivity index (χ1v) is 9.47. The lowest BCUT2D eigenvalue weighted by molar-refractivity contribution is -0.209. The van der Waals surface area contributed by atoms with E-state index < -0.39 is 5.60 Å². The number of piperidine rings is 1. The van der Waals surface area contributed by atoms with E-state index >= 15 is 0 Å². The number of fused-ring (bicyclic) bond motifs is 1. The molecule has 6 aliphatic rings. The van der Waals surface area contributed by atoms with E-state index in [9.17, 15) is 9.90 Å². The van der Waals surface area contributed by atoms with Crippen LogP contribution in [0.2, 0.25) is 0 Å². The van der Waals surface area contributed by atoms with Gasteiger partial charge < -0.3 is 24.3 Å². The number of aldehydes is 1. The summed E-state index contributed by atoms with van der Waals surface area (Å²) in [6.07, 6.45) is 7.87. The number of hydrogen-bond acceptors (Lipinski definition) is 5. The van der Waals surface area contributed by atoms with Gasteiger partial charge in [0.15, 0.2) is 11.5 Å². The van der Waals surface area contributed by atoms with E-state index in [1.807, 2.05) is 0 Å². The van der Waals surface area contributed by atoms with Crippen molar-refractivity contribution in [3.8, 4) is 11.5 Å². The van der Waals surface area contributed by atoms with Crippen LogP contribution in [-0.4, -0.2) is 54.7 Å². The topological polar surface area (TPSA) is 59.0 Å². The normalized spacial score (nSPS) is 46.8. The van der Waals surface area contributed by atoms with Crippen molar-refractivity contribution in [1.29, 1.82) is 0 Å². The Kier molecular flexibility index (Phi) is 2.54. The molecule has 0 aromatic heterocycles. The number of rotatable bonds is 2. The van der Waals surface area contributed by atoms with Gasteiger partial charge >= 0.3 is 0 Å². The molecule has 136 valence electrons. The lowest BCUT2D eigenvalue weighted by Crippen LogP contribution is -2.79.